The van der Waals surface area contributed by atoms with Crippen molar-refractivity contribution in [3.8, 4) is 11.6 Å². The first-order chi connectivity index (χ1) is 11.5. The molecule has 0 aliphatic heterocycles. The van der Waals surface area contributed by atoms with Crippen molar-refractivity contribution < 1.29 is 9.53 Å². The number of rotatable bonds is 4. The third kappa shape index (κ3) is 3.56. The van der Waals surface area contributed by atoms with Gasteiger partial charge in [0.15, 0.2) is 0 Å². The number of nitrogens with one attached hydrogen (secondary N) is 1. The second-order valence-corrected chi connectivity index (χ2v) is 6.29. The van der Waals surface area contributed by atoms with Crippen molar-refractivity contribution in [1.82, 2.24) is 14.8 Å². The Balaban J connectivity index is 1.79. The summed E-state index contributed by atoms with van der Waals surface area (Å²) in [6.07, 6.45) is 6.88. The highest BCUT2D eigenvalue weighted by molar-refractivity contribution is 5.94. The van der Waals surface area contributed by atoms with Crippen LogP contribution in [-0.4, -0.2) is 26.7 Å². The normalized spacial score (nSPS) is 20.6. The molecule has 0 unspecified atom stereocenters. The van der Waals surface area contributed by atoms with Gasteiger partial charge in [-0.3, -0.25) is 9.78 Å². The molecule has 24 heavy (non-hydrogen) atoms. The van der Waals surface area contributed by atoms with Crippen molar-refractivity contribution >= 4 is 11.6 Å². The maximum atomic E-state index is 12.6. The van der Waals surface area contributed by atoms with E-state index >= 15 is 0 Å². The van der Waals surface area contributed by atoms with Crippen molar-refractivity contribution in [2.24, 2.45) is 18.7 Å². The zero-order valence-corrected chi connectivity index (χ0v) is 14.0. The molecule has 1 aliphatic carbocycles. The van der Waals surface area contributed by atoms with Crippen LogP contribution in [0.25, 0.3) is 0 Å². The van der Waals surface area contributed by atoms with Gasteiger partial charge in [0.1, 0.15) is 11.4 Å². The zero-order valence-electron chi connectivity index (χ0n) is 14.0. The average molecular weight is 329 g/mol. The first-order valence-corrected chi connectivity index (χ1v) is 8.22. The van der Waals surface area contributed by atoms with E-state index in [2.05, 4.69) is 15.4 Å². The van der Waals surface area contributed by atoms with Crippen LogP contribution in [0.2, 0.25) is 0 Å². The maximum absolute atomic E-state index is 12.6. The van der Waals surface area contributed by atoms with Gasteiger partial charge in [0.2, 0.25) is 11.8 Å². The van der Waals surface area contributed by atoms with E-state index in [1.54, 1.807) is 36.3 Å². The molecule has 0 aromatic carbocycles. The van der Waals surface area contributed by atoms with E-state index in [0.717, 1.165) is 25.7 Å². The summed E-state index contributed by atoms with van der Waals surface area (Å²) >= 11 is 0. The highest BCUT2D eigenvalue weighted by Crippen LogP contribution is 2.33. The van der Waals surface area contributed by atoms with E-state index < -0.39 is 0 Å². The number of nitrogens with zero attached hydrogens (tertiary/aromatic N) is 3. The second kappa shape index (κ2) is 7.00. The molecule has 2 atom stereocenters. The van der Waals surface area contributed by atoms with Crippen LogP contribution in [0.3, 0.4) is 0 Å². The van der Waals surface area contributed by atoms with Crippen LogP contribution >= 0.6 is 0 Å². The van der Waals surface area contributed by atoms with E-state index in [-0.39, 0.29) is 17.9 Å². The van der Waals surface area contributed by atoms with Crippen LogP contribution in [0, 0.1) is 12.8 Å². The molecule has 1 saturated carbocycles. The largest absolute Gasteiger partial charge is 0.436 e. The molecule has 7 nitrogen and oxygen atoms in total. The lowest BCUT2D eigenvalue weighted by atomic mass is 9.85. The number of carbonyl (C=O) groups excluding carboxylic acids is 1. The number of pyridine rings is 1. The van der Waals surface area contributed by atoms with Crippen molar-refractivity contribution in [2.45, 2.75) is 38.6 Å². The lowest BCUT2D eigenvalue weighted by Crippen LogP contribution is -2.34. The van der Waals surface area contributed by atoms with Crippen LogP contribution in [0.4, 0.5) is 5.69 Å². The van der Waals surface area contributed by atoms with Crippen LogP contribution in [0.5, 0.6) is 11.6 Å². The SMILES string of the molecule is Cc1nn(C)c(Oc2cccnc2)c1NC(=O)[C@H]1CCC[C@H](N)C1. The quantitative estimate of drug-likeness (QED) is 0.898. The molecular weight excluding hydrogens is 306 g/mol. The minimum absolute atomic E-state index is 0.0164. The summed E-state index contributed by atoms with van der Waals surface area (Å²) in [6, 6.07) is 3.71. The molecular formula is C17H23N5O2. The fraction of sp³-hybridized carbons (Fsp3) is 0.471. The number of amides is 1. The molecule has 0 bridgehead atoms. The average Bonchev–Trinajstić information content (AvgIpc) is 2.83. The van der Waals surface area contributed by atoms with Crippen molar-refractivity contribution in [1.29, 1.82) is 0 Å². The summed E-state index contributed by atoms with van der Waals surface area (Å²) < 4.78 is 7.48. The lowest BCUT2D eigenvalue weighted by molar-refractivity contribution is -0.120. The topological polar surface area (TPSA) is 95.1 Å². The summed E-state index contributed by atoms with van der Waals surface area (Å²) in [5, 5.41) is 7.34. The van der Waals surface area contributed by atoms with Gasteiger partial charge in [0, 0.05) is 25.2 Å². The molecule has 7 heteroatoms. The van der Waals surface area contributed by atoms with Crippen LogP contribution in [-0.2, 0) is 11.8 Å². The number of carbonyl (C=O) groups is 1. The van der Waals surface area contributed by atoms with Crippen molar-refractivity contribution in [2.75, 3.05) is 5.32 Å². The summed E-state index contributed by atoms with van der Waals surface area (Å²) in [7, 11) is 1.78. The van der Waals surface area contributed by atoms with Gasteiger partial charge in [0.25, 0.3) is 0 Å². The van der Waals surface area contributed by atoms with Gasteiger partial charge in [-0.2, -0.15) is 5.10 Å². The van der Waals surface area contributed by atoms with Gasteiger partial charge in [-0.25, -0.2) is 4.68 Å². The number of hydrogen-bond acceptors (Lipinski definition) is 5. The lowest BCUT2D eigenvalue weighted by Gasteiger charge is -2.25. The summed E-state index contributed by atoms with van der Waals surface area (Å²) in [5.74, 6) is 1.02. The van der Waals surface area contributed by atoms with Crippen molar-refractivity contribution in [3.63, 3.8) is 0 Å². The Morgan fingerprint density at radius 3 is 3.00 bits per heavy atom. The van der Waals surface area contributed by atoms with Crippen LogP contribution in [0.15, 0.2) is 24.5 Å². The van der Waals surface area contributed by atoms with Crippen molar-refractivity contribution in [3.05, 3.63) is 30.2 Å². The van der Waals surface area contributed by atoms with Gasteiger partial charge in [-0.1, -0.05) is 6.42 Å². The Bertz CT molecular complexity index is 713. The predicted molar refractivity (Wildman–Crippen MR) is 90.8 cm³/mol. The summed E-state index contributed by atoms with van der Waals surface area (Å²) in [4.78, 5) is 16.6. The first kappa shape index (κ1) is 16.4. The Labute approximate surface area is 141 Å². The Morgan fingerprint density at radius 1 is 1.46 bits per heavy atom. The Morgan fingerprint density at radius 2 is 2.29 bits per heavy atom. The van der Waals surface area contributed by atoms with Gasteiger partial charge >= 0.3 is 0 Å². The minimum atomic E-state index is -0.0559. The molecule has 2 aromatic rings. The van der Waals surface area contributed by atoms with E-state index in [1.165, 1.54) is 0 Å². The van der Waals surface area contributed by atoms with Crippen LogP contribution < -0.4 is 15.8 Å². The third-order valence-electron chi connectivity index (χ3n) is 4.35. The molecule has 2 heterocycles. The van der Waals surface area contributed by atoms with E-state index in [4.69, 9.17) is 10.5 Å². The molecule has 3 N–H and O–H groups in total. The number of hydrogen-bond donors (Lipinski definition) is 2. The number of anilines is 1. The molecule has 2 aromatic heterocycles. The standard InChI is InChI=1S/C17H23N5O2/c1-11-15(20-16(23)12-5-3-6-13(18)9-12)17(22(2)21-11)24-14-7-4-8-19-10-14/h4,7-8,10,12-13H,3,5-6,9,18H2,1-2H3,(H,20,23)/t12-,13-/m0/s1. The predicted octanol–water partition coefficient (Wildman–Crippen LogP) is 2.37. The van der Waals surface area contributed by atoms with E-state index in [1.807, 2.05) is 6.92 Å². The van der Waals surface area contributed by atoms with E-state index in [0.29, 0.717) is 23.0 Å². The molecule has 1 fully saturated rings. The summed E-state index contributed by atoms with van der Waals surface area (Å²) in [6.45, 7) is 1.85. The minimum Gasteiger partial charge on any atom is -0.436 e. The van der Waals surface area contributed by atoms with Gasteiger partial charge in [-0.05, 0) is 38.3 Å². The maximum Gasteiger partial charge on any atom is 0.241 e. The number of aromatic nitrogens is 3. The zero-order chi connectivity index (χ0) is 17.1. The van der Waals surface area contributed by atoms with E-state index in [9.17, 15) is 4.79 Å². The number of ether oxygens (including phenoxy) is 1. The molecule has 128 valence electrons. The van der Waals surface area contributed by atoms with Gasteiger partial charge < -0.3 is 15.8 Å². The molecule has 1 amide bonds. The Hall–Kier alpha value is -2.41. The highest BCUT2D eigenvalue weighted by atomic mass is 16.5. The molecule has 1 aliphatic rings. The number of nitrogens with two attached hydrogens (primary N) is 1. The molecule has 0 saturated heterocycles. The number of aryl methyl sites for hydroxylation is 2. The fourth-order valence-corrected chi connectivity index (χ4v) is 3.11. The molecule has 3 rings (SSSR count). The van der Waals surface area contributed by atoms with Gasteiger partial charge in [0.05, 0.1) is 11.9 Å². The highest BCUT2D eigenvalue weighted by Gasteiger charge is 2.27. The third-order valence-corrected chi connectivity index (χ3v) is 4.35. The smallest absolute Gasteiger partial charge is 0.241 e. The second-order valence-electron chi connectivity index (χ2n) is 6.29. The first-order valence-electron chi connectivity index (χ1n) is 8.22. The summed E-state index contributed by atoms with van der Waals surface area (Å²) in [5.41, 5.74) is 7.31. The molecule has 0 spiro atoms. The van der Waals surface area contributed by atoms with Gasteiger partial charge in [-0.15, -0.1) is 0 Å². The monoisotopic (exact) mass is 329 g/mol. The fourth-order valence-electron chi connectivity index (χ4n) is 3.11. The van der Waals surface area contributed by atoms with Crippen LogP contribution in [0.1, 0.15) is 31.4 Å². The molecule has 0 radical (unpaired) electrons. The Kier molecular flexibility index (Phi) is 4.80.